The predicted octanol–water partition coefficient (Wildman–Crippen LogP) is 2.55. The number of carbonyl (C=O) groups is 1. The molecule has 0 spiro atoms. The zero-order valence-corrected chi connectivity index (χ0v) is 16.3. The highest BCUT2D eigenvalue weighted by Crippen LogP contribution is 2.41. The van der Waals surface area contributed by atoms with Crippen LogP contribution in [-0.4, -0.2) is 61.8 Å². The molecule has 26 heavy (non-hydrogen) atoms. The van der Waals surface area contributed by atoms with Crippen LogP contribution in [0.5, 0.6) is 0 Å². The summed E-state index contributed by atoms with van der Waals surface area (Å²) >= 11 is 0. The molecule has 3 fully saturated rings. The molecule has 7 nitrogen and oxygen atoms in total. The summed E-state index contributed by atoms with van der Waals surface area (Å²) in [5, 5.41) is 0. The van der Waals surface area contributed by atoms with Crippen molar-refractivity contribution in [3.05, 3.63) is 0 Å². The number of carbonyl (C=O) groups excluding carboxylic acids is 1. The molecule has 0 aromatic heterocycles. The molecule has 3 heterocycles. The van der Waals surface area contributed by atoms with Crippen LogP contribution in [0.2, 0.25) is 0 Å². The summed E-state index contributed by atoms with van der Waals surface area (Å²) in [5.74, 6) is -1.29. The molecule has 0 aliphatic carbocycles. The first kappa shape index (κ1) is 20.2. The van der Waals surface area contributed by atoms with Gasteiger partial charge in [-0.1, -0.05) is 12.8 Å². The molecule has 5 atom stereocenters. The number of aldehydes is 1. The molecule has 7 heteroatoms. The summed E-state index contributed by atoms with van der Waals surface area (Å²) in [4.78, 5) is 10.3. The largest absolute Gasteiger partial charge is 0.372 e. The molecule has 5 unspecified atom stereocenters. The van der Waals surface area contributed by atoms with Crippen LogP contribution in [0.3, 0.4) is 0 Å². The van der Waals surface area contributed by atoms with E-state index in [0.717, 1.165) is 32.0 Å². The predicted molar refractivity (Wildman–Crippen MR) is 92.5 cm³/mol. The molecular weight excluding hydrogens is 340 g/mol. The average molecular weight is 372 g/mol. The average Bonchev–Trinajstić information content (AvgIpc) is 3.16. The quantitative estimate of drug-likeness (QED) is 0.455. The number of fused-ring (bicyclic) bond motifs is 1. The number of hydrogen-bond acceptors (Lipinski definition) is 7. The minimum Gasteiger partial charge on any atom is -0.372 e. The van der Waals surface area contributed by atoms with Crippen LogP contribution in [0.1, 0.15) is 59.8 Å². The highest BCUT2D eigenvalue weighted by molar-refractivity contribution is 5.48. The van der Waals surface area contributed by atoms with Crippen molar-refractivity contribution in [1.82, 2.24) is 0 Å². The Labute approximate surface area is 155 Å². The number of hydrogen-bond donors (Lipinski definition) is 0. The van der Waals surface area contributed by atoms with Gasteiger partial charge in [0.15, 0.2) is 17.9 Å². The summed E-state index contributed by atoms with van der Waals surface area (Å²) in [5.41, 5.74) is 0. The van der Waals surface area contributed by atoms with Gasteiger partial charge in [0, 0.05) is 13.0 Å². The third-order valence-electron chi connectivity index (χ3n) is 4.95. The van der Waals surface area contributed by atoms with E-state index >= 15 is 0 Å². The second kappa shape index (κ2) is 8.20. The summed E-state index contributed by atoms with van der Waals surface area (Å²) in [6.07, 6.45) is 4.13. The first-order chi connectivity index (χ1) is 12.3. The summed E-state index contributed by atoms with van der Waals surface area (Å²) in [7, 11) is 0. The highest BCUT2D eigenvalue weighted by Gasteiger charge is 2.58. The molecule has 0 radical (unpaired) electrons. The van der Waals surface area contributed by atoms with Crippen LogP contribution in [0, 0.1) is 0 Å². The number of rotatable bonds is 9. The second-order valence-electron chi connectivity index (χ2n) is 8.14. The summed E-state index contributed by atoms with van der Waals surface area (Å²) < 4.78 is 35.8. The smallest absolute Gasteiger partial charge is 0.190 e. The Bertz CT molecular complexity index is 479. The van der Waals surface area contributed by atoms with Crippen molar-refractivity contribution in [3.8, 4) is 0 Å². The zero-order valence-electron chi connectivity index (χ0n) is 16.3. The van der Waals surface area contributed by atoms with Crippen molar-refractivity contribution in [2.75, 3.05) is 13.2 Å². The molecule has 3 saturated heterocycles. The van der Waals surface area contributed by atoms with Crippen molar-refractivity contribution < 1.29 is 33.2 Å². The van der Waals surface area contributed by atoms with Gasteiger partial charge in [-0.2, -0.15) is 0 Å². The Balaban J connectivity index is 1.54. The van der Waals surface area contributed by atoms with E-state index in [9.17, 15) is 4.79 Å². The lowest BCUT2D eigenvalue weighted by Crippen LogP contribution is -2.44. The van der Waals surface area contributed by atoms with Crippen molar-refractivity contribution >= 4 is 6.29 Å². The Morgan fingerprint density at radius 2 is 1.73 bits per heavy atom. The molecule has 3 rings (SSSR count). The van der Waals surface area contributed by atoms with Crippen LogP contribution in [0.4, 0.5) is 0 Å². The molecule has 150 valence electrons. The topological polar surface area (TPSA) is 72.5 Å². The van der Waals surface area contributed by atoms with Gasteiger partial charge in [-0.25, -0.2) is 0 Å². The summed E-state index contributed by atoms with van der Waals surface area (Å²) in [6, 6.07) is 0. The third kappa shape index (κ3) is 4.82. The van der Waals surface area contributed by atoms with Crippen molar-refractivity contribution in [2.45, 2.75) is 102 Å². The van der Waals surface area contributed by atoms with Gasteiger partial charge in [0.1, 0.15) is 30.7 Å². The van der Waals surface area contributed by atoms with Crippen LogP contribution in [-0.2, 0) is 33.2 Å². The molecule has 0 amide bonds. The fourth-order valence-corrected chi connectivity index (χ4v) is 3.77. The maximum absolute atomic E-state index is 10.3. The molecule has 0 N–H and O–H groups in total. The van der Waals surface area contributed by atoms with Gasteiger partial charge < -0.3 is 33.2 Å². The van der Waals surface area contributed by atoms with Gasteiger partial charge in [0.2, 0.25) is 0 Å². The monoisotopic (exact) mass is 372 g/mol. The minimum absolute atomic E-state index is 0.205. The van der Waals surface area contributed by atoms with Gasteiger partial charge in [0.25, 0.3) is 0 Å². The molecule has 3 aliphatic heterocycles. The summed E-state index contributed by atoms with van der Waals surface area (Å²) in [6.45, 7) is 8.64. The lowest BCUT2D eigenvalue weighted by molar-refractivity contribution is -0.236. The molecule has 0 aromatic rings. The van der Waals surface area contributed by atoms with Gasteiger partial charge in [-0.05, 0) is 40.5 Å². The van der Waals surface area contributed by atoms with Crippen LogP contribution in [0.15, 0.2) is 0 Å². The van der Waals surface area contributed by atoms with E-state index in [2.05, 4.69) is 0 Å². The van der Waals surface area contributed by atoms with E-state index in [1.165, 1.54) is 0 Å². The maximum Gasteiger partial charge on any atom is 0.190 e. The number of ether oxygens (including phenoxy) is 6. The van der Waals surface area contributed by atoms with Gasteiger partial charge >= 0.3 is 0 Å². The fraction of sp³-hybridized carbons (Fsp3) is 0.947. The lowest BCUT2D eigenvalue weighted by Gasteiger charge is -2.29. The third-order valence-corrected chi connectivity index (χ3v) is 4.95. The van der Waals surface area contributed by atoms with Crippen molar-refractivity contribution in [1.29, 1.82) is 0 Å². The Kier molecular flexibility index (Phi) is 6.37. The lowest BCUT2D eigenvalue weighted by atomic mass is 10.1. The highest BCUT2D eigenvalue weighted by atomic mass is 16.8. The molecule has 0 saturated carbocycles. The van der Waals surface area contributed by atoms with E-state index < -0.39 is 17.9 Å². The Morgan fingerprint density at radius 3 is 2.42 bits per heavy atom. The maximum atomic E-state index is 10.3. The van der Waals surface area contributed by atoms with Crippen LogP contribution < -0.4 is 0 Å². The fourth-order valence-electron chi connectivity index (χ4n) is 3.77. The van der Waals surface area contributed by atoms with Crippen molar-refractivity contribution in [3.63, 3.8) is 0 Å². The normalized spacial score (nSPS) is 37.8. The van der Waals surface area contributed by atoms with E-state index in [-0.39, 0.29) is 24.4 Å². The van der Waals surface area contributed by atoms with Gasteiger partial charge in [-0.3, -0.25) is 0 Å². The van der Waals surface area contributed by atoms with Crippen molar-refractivity contribution in [2.24, 2.45) is 0 Å². The van der Waals surface area contributed by atoms with E-state index in [0.29, 0.717) is 19.6 Å². The second-order valence-corrected chi connectivity index (χ2v) is 8.14. The van der Waals surface area contributed by atoms with Crippen LogP contribution >= 0.6 is 0 Å². The minimum atomic E-state index is -0.678. The number of unbranched alkanes of at least 4 members (excludes halogenated alkanes) is 4. The first-order valence-corrected chi connectivity index (χ1v) is 9.69. The van der Waals surface area contributed by atoms with E-state index in [4.69, 9.17) is 28.4 Å². The zero-order chi connectivity index (χ0) is 18.8. The molecule has 0 bridgehead atoms. The Morgan fingerprint density at radius 1 is 0.962 bits per heavy atom. The molecule has 3 aliphatic rings. The molecule has 0 aromatic carbocycles. The van der Waals surface area contributed by atoms with Gasteiger partial charge in [0.05, 0.1) is 6.61 Å². The SMILES string of the molecule is CC1(C)OCC(C2OC3OC(C)(C)OC3C2OCCCCCCC=O)O1. The van der Waals surface area contributed by atoms with Crippen LogP contribution in [0.25, 0.3) is 0 Å². The van der Waals surface area contributed by atoms with Gasteiger partial charge in [-0.15, -0.1) is 0 Å². The Hall–Kier alpha value is -0.570. The first-order valence-electron chi connectivity index (χ1n) is 9.69. The standard InChI is InChI=1S/C19H32O7/c1-18(2)22-12-13(24-18)14-15(21-11-9-7-5-6-8-10-20)16-17(23-14)26-19(3,4)25-16/h10,13-17H,5-9,11-12H2,1-4H3. The van der Waals surface area contributed by atoms with E-state index in [1.54, 1.807) is 0 Å². The molecular formula is C19H32O7. The van der Waals surface area contributed by atoms with E-state index in [1.807, 2.05) is 27.7 Å².